The van der Waals surface area contributed by atoms with Gasteiger partial charge in [0.05, 0.1) is 25.9 Å². The Morgan fingerprint density at radius 2 is 1.63 bits per heavy atom. The third-order valence-electron chi connectivity index (χ3n) is 3.99. The average molecular weight is 415 g/mol. The number of rotatable bonds is 10. The molecule has 8 nitrogen and oxygen atoms in total. The molecule has 2 rings (SSSR count). The predicted molar refractivity (Wildman–Crippen MR) is 110 cm³/mol. The fraction of sp³-hybridized carbons (Fsp3) is 0.318. The first kappa shape index (κ1) is 22.7. The molecule has 1 amide bonds. The van der Waals surface area contributed by atoms with E-state index in [0.29, 0.717) is 23.8 Å². The van der Waals surface area contributed by atoms with Crippen LogP contribution in [-0.4, -0.2) is 51.3 Å². The molecule has 0 aromatic heterocycles. The van der Waals surface area contributed by atoms with E-state index in [9.17, 15) is 14.4 Å². The van der Waals surface area contributed by atoms with Gasteiger partial charge in [0.1, 0.15) is 6.54 Å². The third-order valence-corrected chi connectivity index (χ3v) is 3.99. The molecule has 0 saturated heterocycles. The first-order valence-electron chi connectivity index (χ1n) is 9.49. The van der Waals surface area contributed by atoms with Crippen LogP contribution >= 0.6 is 0 Å². The Balaban J connectivity index is 2.09. The third kappa shape index (κ3) is 6.23. The second-order valence-corrected chi connectivity index (χ2v) is 6.00. The molecule has 0 aliphatic carbocycles. The zero-order chi connectivity index (χ0) is 21.9. The summed E-state index contributed by atoms with van der Waals surface area (Å²) < 4.78 is 20.7. The number of carbonyl (C=O) groups is 3. The fourth-order valence-electron chi connectivity index (χ4n) is 2.63. The molecule has 160 valence electrons. The van der Waals surface area contributed by atoms with Gasteiger partial charge in [0.15, 0.2) is 18.1 Å². The Labute approximate surface area is 175 Å². The fourth-order valence-corrected chi connectivity index (χ4v) is 2.63. The van der Waals surface area contributed by atoms with Crippen molar-refractivity contribution in [1.82, 2.24) is 0 Å². The zero-order valence-electron chi connectivity index (χ0n) is 17.3. The number of hydrogen-bond donors (Lipinski definition) is 0. The van der Waals surface area contributed by atoms with Crippen molar-refractivity contribution in [2.75, 3.05) is 38.4 Å². The highest BCUT2D eigenvalue weighted by Crippen LogP contribution is 2.28. The molecular formula is C22H25NO7. The van der Waals surface area contributed by atoms with Crippen molar-refractivity contribution < 1.29 is 33.3 Å². The highest BCUT2D eigenvalue weighted by Gasteiger charge is 2.22. The SMILES string of the molecule is CCOC(=O)CN(C(=O)COC(=O)c1ccc(OC)c(OCC)c1)c1ccccc1. The van der Waals surface area contributed by atoms with E-state index in [0.717, 1.165) is 0 Å². The summed E-state index contributed by atoms with van der Waals surface area (Å²) in [6.07, 6.45) is 0. The molecule has 0 spiro atoms. The number of esters is 2. The quantitative estimate of drug-likeness (QED) is 0.551. The summed E-state index contributed by atoms with van der Waals surface area (Å²) in [6, 6.07) is 13.2. The van der Waals surface area contributed by atoms with Crippen molar-refractivity contribution in [2.45, 2.75) is 13.8 Å². The van der Waals surface area contributed by atoms with Crippen LogP contribution in [0.1, 0.15) is 24.2 Å². The Morgan fingerprint density at radius 3 is 2.27 bits per heavy atom. The Bertz CT molecular complexity index is 867. The Hall–Kier alpha value is -3.55. The lowest BCUT2D eigenvalue weighted by Gasteiger charge is -2.21. The van der Waals surface area contributed by atoms with Crippen LogP contribution in [0.5, 0.6) is 11.5 Å². The van der Waals surface area contributed by atoms with Crippen LogP contribution in [0.2, 0.25) is 0 Å². The number of carbonyl (C=O) groups excluding carboxylic acids is 3. The summed E-state index contributed by atoms with van der Waals surface area (Å²) in [5.41, 5.74) is 0.707. The maximum Gasteiger partial charge on any atom is 0.338 e. The van der Waals surface area contributed by atoms with Crippen molar-refractivity contribution in [3.63, 3.8) is 0 Å². The maximum absolute atomic E-state index is 12.7. The van der Waals surface area contributed by atoms with Crippen LogP contribution in [0.4, 0.5) is 5.69 Å². The minimum absolute atomic E-state index is 0.199. The van der Waals surface area contributed by atoms with Crippen LogP contribution in [-0.2, 0) is 19.1 Å². The molecule has 2 aromatic carbocycles. The predicted octanol–water partition coefficient (Wildman–Crippen LogP) is 2.85. The Kier molecular flexibility index (Phi) is 8.68. The lowest BCUT2D eigenvalue weighted by atomic mass is 10.2. The smallest absolute Gasteiger partial charge is 0.338 e. The Morgan fingerprint density at radius 1 is 0.900 bits per heavy atom. The molecule has 0 atom stereocenters. The highest BCUT2D eigenvalue weighted by molar-refractivity contribution is 6.00. The molecule has 0 N–H and O–H groups in total. The van der Waals surface area contributed by atoms with Crippen LogP contribution in [0.25, 0.3) is 0 Å². The normalized spacial score (nSPS) is 10.1. The van der Waals surface area contributed by atoms with Gasteiger partial charge in [-0.25, -0.2) is 4.79 Å². The standard InChI is InChI=1S/C22H25NO7/c1-4-28-19-13-16(11-12-18(19)27-3)22(26)30-15-20(24)23(14-21(25)29-5-2)17-9-7-6-8-10-17/h6-13H,4-5,14-15H2,1-3H3. The first-order chi connectivity index (χ1) is 14.5. The molecule has 30 heavy (non-hydrogen) atoms. The molecule has 0 radical (unpaired) electrons. The highest BCUT2D eigenvalue weighted by atomic mass is 16.5. The van der Waals surface area contributed by atoms with Gasteiger partial charge in [-0.3, -0.25) is 14.5 Å². The number of nitrogens with zero attached hydrogens (tertiary/aromatic N) is 1. The van der Waals surface area contributed by atoms with Gasteiger partial charge >= 0.3 is 11.9 Å². The van der Waals surface area contributed by atoms with Gasteiger partial charge in [-0.2, -0.15) is 0 Å². The summed E-state index contributed by atoms with van der Waals surface area (Å²) >= 11 is 0. The van der Waals surface area contributed by atoms with E-state index >= 15 is 0 Å². The molecule has 2 aromatic rings. The molecular weight excluding hydrogens is 390 g/mol. The van der Waals surface area contributed by atoms with Crippen molar-refractivity contribution in [2.24, 2.45) is 0 Å². The van der Waals surface area contributed by atoms with E-state index in [1.165, 1.54) is 24.1 Å². The van der Waals surface area contributed by atoms with Crippen LogP contribution in [0, 0.1) is 0 Å². The molecule has 0 aliphatic heterocycles. The van der Waals surface area contributed by atoms with Gasteiger partial charge in [0, 0.05) is 5.69 Å². The number of benzene rings is 2. The van der Waals surface area contributed by atoms with Crippen molar-refractivity contribution in [3.05, 3.63) is 54.1 Å². The second-order valence-electron chi connectivity index (χ2n) is 6.00. The van der Waals surface area contributed by atoms with Crippen LogP contribution in [0.3, 0.4) is 0 Å². The molecule has 0 fully saturated rings. The van der Waals surface area contributed by atoms with E-state index in [1.54, 1.807) is 43.3 Å². The minimum Gasteiger partial charge on any atom is -0.493 e. The molecule has 0 aliphatic rings. The summed E-state index contributed by atoms with van der Waals surface area (Å²) in [6.45, 7) is 3.26. The van der Waals surface area contributed by atoms with Gasteiger partial charge in [0.25, 0.3) is 5.91 Å². The second kappa shape index (κ2) is 11.5. The number of amides is 1. The summed E-state index contributed by atoms with van der Waals surface area (Å²) in [5, 5.41) is 0. The maximum atomic E-state index is 12.7. The van der Waals surface area contributed by atoms with Gasteiger partial charge in [-0.1, -0.05) is 18.2 Å². The average Bonchev–Trinajstić information content (AvgIpc) is 2.76. The number of ether oxygens (including phenoxy) is 4. The van der Waals surface area contributed by atoms with E-state index in [4.69, 9.17) is 18.9 Å². The van der Waals surface area contributed by atoms with Gasteiger partial charge in [-0.05, 0) is 44.2 Å². The number of hydrogen-bond acceptors (Lipinski definition) is 7. The number of anilines is 1. The molecule has 0 saturated carbocycles. The summed E-state index contributed by atoms with van der Waals surface area (Å²) in [5.74, 6) is -0.932. The van der Waals surface area contributed by atoms with Crippen molar-refractivity contribution in [1.29, 1.82) is 0 Å². The summed E-state index contributed by atoms with van der Waals surface area (Å²) in [7, 11) is 1.50. The molecule has 0 heterocycles. The van der Waals surface area contributed by atoms with Gasteiger partial charge < -0.3 is 18.9 Å². The van der Waals surface area contributed by atoms with Crippen LogP contribution < -0.4 is 14.4 Å². The lowest BCUT2D eigenvalue weighted by Crippen LogP contribution is -2.39. The first-order valence-corrected chi connectivity index (χ1v) is 9.49. The largest absolute Gasteiger partial charge is 0.493 e. The zero-order valence-corrected chi connectivity index (χ0v) is 17.3. The summed E-state index contributed by atoms with van der Waals surface area (Å²) in [4.78, 5) is 38.2. The van der Waals surface area contributed by atoms with Crippen LogP contribution in [0.15, 0.2) is 48.5 Å². The number of methoxy groups -OCH3 is 1. The van der Waals surface area contributed by atoms with E-state index in [-0.39, 0.29) is 18.7 Å². The number of para-hydroxylation sites is 1. The van der Waals surface area contributed by atoms with Gasteiger partial charge in [0.2, 0.25) is 0 Å². The van der Waals surface area contributed by atoms with Gasteiger partial charge in [-0.15, -0.1) is 0 Å². The van der Waals surface area contributed by atoms with Crippen molar-refractivity contribution >= 4 is 23.5 Å². The lowest BCUT2D eigenvalue weighted by molar-refractivity contribution is -0.142. The van der Waals surface area contributed by atoms with Crippen molar-refractivity contribution in [3.8, 4) is 11.5 Å². The van der Waals surface area contributed by atoms with E-state index in [1.807, 2.05) is 6.92 Å². The topological polar surface area (TPSA) is 91.4 Å². The molecule has 0 bridgehead atoms. The molecule has 8 heteroatoms. The minimum atomic E-state index is -0.698. The van der Waals surface area contributed by atoms with E-state index in [2.05, 4.69) is 0 Å². The van der Waals surface area contributed by atoms with E-state index < -0.39 is 24.5 Å². The molecule has 0 unspecified atom stereocenters. The monoisotopic (exact) mass is 415 g/mol.